The summed E-state index contributed by atoms with van der Waals surface area (Å²) in [4.78, 5) is 12.5. The molecule has 0 heterocycles. The van der Waals surface area contributed by atoms with Crippen molar-refractivity contribution in [1.82, 2.24) is 5.32 Å². The molecule has 0 aliphatic heterocycles. The third kappa shape index (κ3) is 42.7. The summed E-state index contributed by atoms with van der Waals surface area (Å²) in [6.07, 6.45) is 56.3. The second kappa shape index (κ2) is 46.8. The lowest BCUT2D eigenvalue weighted by atomic mass is 10.0. The molecule has 5 nitrogen and oxygen atoms in total. The monoisotopic (exact) mass is 792 g/mol. The van der Waals surface area contributed by atoms with E-state index in [1.165, 1.54) is 225 Å². The van der Waals surface area contributed by atoms with Gasteiger partial charge in [0.2, 0.25) is 5.91 Å². The fraction of sp³-hybridized carbons (Fsp3) is 0.941. The molecule has 0 saturated carbocycles. The van der Waals surface area contributed by atoms with Gasteiger partial charge in [-0.3, -0.25) is 4.79 Å². The molecule has 3 atom stereocenters. The third-order valence-corrected chi connectivity index (χ3v) is 12.1. The van der Waals surface area contributed by atoms with Gasteiger partial charge in [-0.2, -0.15) is 0 Å². The quantitative estimate of drug-likeness (QED) is 0.0365. The van der Waals surface area contributed by atoms with Gasteiger partial charge in [0.05, 0.1) is 31.3 Å². The van der Waals surface area contributed by atoms with E-state index in [2.05, 4.69) is 31.3 Å². The molecule has 5 heteroatoms. The highest BCUT2D eigenvalue weighted by Gasteiger charge is 2.21. The number of aliphatic hydroxyl groups is 3. The molecule has 3 unspecified atom stereocenters. The first-order valence-corrected chi connectivity index (χ1v) is 25.5. The topological polar surface area (TPSA) is 89.8 Å². The van der Waals surface area contributed by atoms with Crippen LogP contribution in [0.2, 0.25) is 0 Å². The van der Waals surface area contributed by atoms with Crippen molar-refractivity contribution in [1.29, 1.82) is 0 Å². The van der Waals surface area contributed by atoms with E-state index in [0.29, 0.717) is 12.8 Å². The van der Waals surface area contributed by atoms with Crippen molar-refractivity contribution in [3.05, 3.63) is 12.2 Å². The third-order valence-electron chi connectivity index (χ3n) is 12.1. The number of hydrogen-bond acceptors (Lipinski definition) is 4. The zero-order valence-electron chi connectivity index (χ0n) is 38.0. The molecule has 0 aromatic heterocycles. The van der Waals surface area contributed by atoms with Crippen LogP contribution in [0.1, 0.15) is 284 Å². The van der Waals surface area contributed by atoms with E-state index in [4.69, 9.17) is 0 Å². The average molecular weight is 792 g/mol. The highest BCUT2D eigenvalue weighted by molar-refractivity contribution is 5.76. The van der Waals surface area contributed by atoms with Crippen LogP contribution in [0.4, 0.5) is 0 Å². The van der Waals surface area contributed by atoms with Crippen LogP contribution >= 0.6 is 0 Å². The summed E-state index contributed by atoms with van der Waals surface area (Å²) in [5, 5.41) is 33.5. The number of carbonyl (C=O) groups is 1. The molecule has 0 aromatic rings. The van der Waals surface area contributed by atoms with Gasteiger partial charge in [-0.15, -0.1) is 0 Å². The number of amides is 1. The van der Waals surface area contributed by atoms with Gasteiger partial charge in [0.25, 0.3) is 0 Å². The molecule has 0 rings (SSSR count). The summed E-state index contributed by atoms with van der Waals surface area (Å²) >= 11 is 0. The second-order valence-corrected chi connectivity index (χ2v) is 17.8. The average Bonchev–Trinajstić information content (AvgIpc) is 3.19. The zero-order valence-corrected chi connectivity index (χ0v) is 38.0. The normalized spacial score (nSPS) is 13.4. The van der Waals surface area contributed by atoms with Crippen molar-refractivity contribution in [2.75, 3.05) is 6.61 Å². The highest BCUT2D eigenvalue weighted by atomic mass is 16.3. The van der Waals surface area contributed by atoms with E-state index < -0.39 is 18.2 Å². The van der Waals surface area contributed by atoms with Gasteiger partial charge in [0.15, 0.2) is 0 Å². The summed E-state index contributed by atoms with van der Waals surface area (Å²) < 4.78 is 0. The lowest BCUT2D eigenvalue weighted by molar-refractivity contribution is -0.125. The van der Waals surface area contributed by atoms with Crippen LogP contribution in [0.5, 0.6) is 0 Å². The van der Waals surface area contributed by atoms with Crippen LogP contribution in [0, 0.1) is 0 Å². The molecule has 0 aliphatic rings. The molecular weight excluding hydrogens is 691 g/mol. The summed E-state index contributed by atoms with van der Waals surface area (Å²) in [7, 11) is 0. The minimum absolute atomic E-state index is 0.0391. The van der Waals surface area contributed by atoms with Gasteiger partial charge in [0, 0.05) is 0 Å². The van der Waals surface area contributed by atoms with Gasteiger partial charge in [0.1, 0.15) is 0 Å². The molecule has 4 N–H and O–H groups in total. The molecule has 334 valence electrons. The van der Waals surface area contributed by atoms with Crippen molar-refractivity contribution < 1.29 is 20.1 Å². The summed E-state index contributed by atoms with van der Waals surface area (Å²) in [6.45, 7) is 4.29. The molecule has 0 bridgehead atoms. The molecule has 56 heavy (non-hydrogen) atoms. The largest absolute Gasteiger partial charge is 0.394 e. The molecule has 0 aromatic carbocycles. The Morgan fingerprint density at radius 3 is 1.04 bits per heavy atom. The second-order valence-electron chi connectivity index (χ2n) is 17.8. The van der Waals surface area contributed by atoms with E-state index in [-0.39, 0.29) is 18.9 Å². The molecule has 0 fully saturated rings. The highest BCUT2D eigenvalue weighted by Crippen LogP contribution is 2.17. The first kappa shape index (κ1) is 55.1. The van der Waals surface area contributed by atoms with Crippen LogP contribution < -0.4 is 5.32 Å². The van der Waals surface area contributed by atoms with Gasteiger partial charge in [-0.05, 0) is 38.5 Å². The predicted molar refractivity (Wildman–Crippen MR) is 245 cm³/mol. The number of aliphatic hydroxyl groups excluding tert-OH is 3. The van der Waals surface area contributed by atoms with Gasteiger partial charge < -0.3 is 20.6 Å². The lowest BCUT2D eigenvalue weighted by Gasteiger charge is -2.23. The standard InChI is InChI=1S/C51H101NO4/c1-3-5-7-9-11-13-15-17-19-20-21-22-23-24-25-26-27-28-29-31-32-34-36-38-40-42-44-48(54)46-51(56)52-49(47-53)50(55)45-43-41-39-37-35-33-30-18-16-14-12-10-8-6-4-2/h24-25,48-50,53-55H,3-23,26-47H2,1-2H3,(H,52,56)/b25-24-. The summed E-state index contributed by atoms with van der Waals surface area (Å²) in [5.74, 6) is -0.280. The van der Waals surface area contributed by atoms with Gasteiger partial charge in [-0.1, -0.05) is 251 Å². The van der Waals surface area contributed by atoms with E-state index in [1.54, 1.807) is 0 Å². The Balaban J connectivity index is 3.53. The smallest absolute Gasteiger partial charge is 0.222 e. The first-order chi connectivity index (χ1) is 27.5. The SMILES string of the molecule is CCCCCCCCCCCCCC/C=C\CCCCCCCCCCCCC(O)CC(=O)NC(CO)C(O)CCCCCCCCCCCCCCCCC. The number of carbonyl (C=O) groups excluding carboxylic acids is 1. The predicted octanol–water partition coefficient (Wildman–Crippen LogP) is 15.2. The number of nitrogens with one attached hydrogen (secondary N) is 1. The van der Waals surface area contributed by atoms with E-state index in [1.807, 2.05) is 0 Å². The summed E-state index contributed by atoms with van der Waals surface area (Å²) in [6, 6.07) is -0.656. The molecule has 1 amide bonds. The van der Waals surface area contributed by atoms with E-state index in [9.17, 15) is 20.1 Å². The Labute approximate surface area is 350 Å². The van der Waals surface area contributed by atoms with Crippen molar-refractivity contribution in [2.45, 2.75) is 302 Å². The van der Waals surface area contributed by atoms with Crippen LogP contribution in [0.25, 0.3) is 0 Å². The Hall–Kier alpha value is -0.910. The van der Waals surface area contributed by atoms with Crippen LogP contribution in [-0.2, 0) is 4.79 Å². The molecule has 0 saturated heterocycles. The lowest BCUT2D eigenvalue weighted by Crippen LogP contribution is -2.46. The Bertz CT molecular complexity index is 788. The molecular formula is C51H101NO4. The maximum atomic E-state index is 12.5. The maximum absolute atomic E-state index is 12.5. The fourth-order valence-electron chi connectivity index (χ4n) is 8.17. The van der Waals surface area contributed by atoms with Crippen LogP contribution in [-0.4, -0.2) is 46.1 Å². The number of rotatable bonds is 47. The maximum Gasteiger partial charge on any atom is 0.222 e. The Morgan fingerprint density at radius 2 is 0.714 bits per heavy atom. The molecule has 0 spiro atoms. The van der Waals surface area contributed by atoms with E-state index in [0.717, 1.165) is 25.7 Å². The van der Waals surface area contributed by atoms with Gasteiger partial charge >= 0.3 is 0 Å². The fourth-order valence-corrected chi connectivity index (χ4v) is 8.17. The minimum Gasteiger partial charge on any atom is -0.394 e. The van der Waals surface area contributed by atoms with Gasteiger partial charge in [-0.25, -0.2) is 0 Å². The van der Waals surface area contributed by atoms with Crippen molar-refractivity contribution in [3.8, 4) is 0 Å². The minimum atomic E-state index is -0.746. The van der Waals surface area contributed by atoms with Crippen LogP contribution in [0.3, 0.4) is 0 Å². The Kier molecular flexibility index (Phi) is 46.0. The van der Waals surface area contributed by atoms with E-state index >= 15 is 0 Å². The van der Waals surface area contributed by atoms with Crippen LogP contribution in [0.15, 0.2) is 12.2 Å². The molecule has 0 radical (unpaired) electrons. The zero-order chi connectivity index (χ0) is 40.8. The molecule has 0 aliphatic carbocycles. The number of unbranched alkanes of at least 4 members (excludes halogenated alkanes) is 36. The number of hydrogen-bond donors (Lipinski definition) is 4. The Morgan fingerprint density at radius 1 is 0.429 bits per heavy atom. The summed E-state index contributed by atoms with van der Waals surface area (Å²) in [5.41, 5.74) is 0. The first-order valence-electron chi connectivity index (χ1n) is 25.5. The van der Waals surface area contributed by atoms with Crippen molar-refractivity contribution in [3.63, 3.8) is 0 Å². The van der Waals surface area contributed by atoms with Crippen molar-refractivity contribution >= 4 is 5.91 Å². The number of allylic oxidation sites excluding steroid dienone is 2. The van der Waals surface area contributed by atoms with Crippen molar-refractivity contribution in [2.24, 2.45) is 0 Å².